The molecule has 0 aliphatic rings. The van der Waals surface area contributed by atoms with Gasteiger partial charge in [0.2, 0.25) is 0 Å². The molecule has 0 aliphatic carbocycles. The van der Waals surface area contributed by atoms with E-state index in [9.17, 15) is 0 Å². The Balaban J connectivity index is 0.000000222. The van der Waals surface area contributed by atoms with Crippen molar-refractivity contribution in [1.29, 1.82) is 0 Å². The third kappa shape index (κ3) is 6.86. The van der Waals surface area contributed by atoms with Crippen molar-refractivity contribution < 1.29 is 24.2 Å². The van der Waals surface area contributed by atoms with Gasteiger partial charge < -0.3 is 9.55 Å². The molecule has 1 radical (unpaired) electrons. The number of imidazole rings is 1. The Labute approximate surface area is 303 Å². The summed E-state index contributed by atoms with van der Waals surface area (Å²) in [5.74, 6) is 0.926. The van der Waals surface area contributed by atoms with E-state index in [2.05, 4.69) is 126 Å². The number of hydrogen-bond donors (Lipinski definition) is 0. The summed E-state index contributed by atoms with van der Waals surface area (Å²) in [6.07, 6.45) is 3.55. The van der Waals surface area contributed by atoms with Crippen LogP contribution in [0.5, 0.6) is 0 Å². The number of rotatable bonds is 5. The van der Waals surface area contributed by atoms with E-state index in [0.29, 0.717) is 0 Å². The van der Waals surface area contributed by atoms with Crippen molar-refractivity contribution in [3.8, 4) is 39.5 Å². The molecule has 0 saturated heterocycles. The van der Waals surface area contributed by atoms with E-state index in [1.807, 2.05) is 30.3 Å². The van der Waals surface area contributed by atoms with Crippen LogP contribution in [0.3, 0.4) is 0 Å². The fourth-order valence-electron chi connectivity index (χ4n) is 5.55. The summed E-state index contributed by atoms with van der Waals surface area (Å²) in [4.78, 5) is 9.20. The van der Waals surface area contributed by atoms with E-state index in [0.717, 1.165) is 39.4 Å². The Kier molecular flexibility index (Phi) is 9.06. The smallest absolute Gasteiger partial charge is 0.0774 e. The molecule has 0 fully saturated rings. The van der Waals surface area contributed by atoms with Crippen LogP contribution in [-0.2, 0) is 20.1 Å². The predicted molar refractivity (Wildman–Crippen MR) is 199 cm³/mol. The number of hydrogen-bond acceptors (Lipinski definition) is 3. The molecule has 3 heterocycles. The SMILES string of the molecule is C/C=C(/C)c1ccc2s[c-]c(-c3nc4ccccc4n3-c3ccc(-c4ccccc4)cc3)c2c1.[2H]C([2H])([2H])c1ccc(-c2[c-]cccc2)nc1.[Ir]. The molecule has 3 nitrogen and oxygen atoms in total. The van der Waals surface area contributed by atoms with Crippen molar-refractivity contribution in [2.24, 2.45) is 0 Å². The van der Waals surface area contributed by atoms with Gasteiger partial charge in [-0.2, -0.15) is 0 Å². The summed E-state index contributed by atoms with van der Waals surface area (Å²) in [6.45, 7) is 2.14. The molecule has 0 spiro atoms. The summed E-state index contributed by atoms with van der Waals surface area (Å²) in [6, 6.07) is 48.0. The van der Waals surface area contributed by atoms with Crippen molar-refractivity contribution in [3.63, 3.8) is 0 Å². The Morgan fingerprint density at radius 3 is 2.33 bits per heavy atom. The molecule has 0 atom stereocenters. The normalized spacial score (nSPS) is 12.4. The first-order chi connectivity index (χ1) is 24.3. The van der Waals surface area contributed by atoms with Gasteiger partial charge in [0.25, 0.3) is 0 Å². The van der Waals surface area contributed by atoms with Gasteiger partial charge in [0.15, 0.2) is 0 Å². The topological polar surface area (TPSA) is 30.7 Å². The maximum atomic E-state index is 7.23. The second kappa shape index (κ2) is 14.9. The molecule has 8 aromatic rings. The number of benzene rings is 5. The summed E-state index contributed by atoms with van der Waals surface area (Å²) >= 11 is 1.65. The van der Waals surface area contributed by atoms with Gasteiger partial charge in [0, 0.05) is 36.1 Å². The maximum Gasteiger partial charge on any atom is 0.0774 e. The van der Waals surface area contributed by atoms with Crippen LogP contribution in [0.15, 0.2) is 146 Å². The van der Waals surface area contributed by atoms with Crippen molar-refractivity contribution in [2.45, 2.75) is 20.7 Å². The second-order valence-corrected chi connectivity index (χ2v) is 12.0. The van der Waals surface area contributed by atoms with Crippen LogP contribution in [0.4, 0.5) is 0 Å². The monoisotopic (exact) mass is 819 g/mol. The summed E-state index contributed by atoms with van der Waals surface area (Å²) in [5, 5.41) is 4.76. The molecule has 5 heteroatoms. The minimum Gasteiger partial charge on any atom is -0.333 e. The average Bonchev–Trinajstić information content (AvgIpc) is 3.76. The van der Waals surface area contributed by atoms with E-state index >= 15 is 0 Å². The van der Waals surface area contributed by atoms with Crippen molar-refractivity contribution in [2.75, 3.05) is 0 Å². The van der Waals surface area contributed by atoms with Gasteiger partial charge in [0.1, 0.15) is 0 Å². The van der Waals surface area contributed by atoms with E-state index in [1.165, 1.54) is 38.5 Å². The Morgan fingerprint density at radius 1 is 0.833 bits per heavy atom. The van der Waals surface area contributed by atoms with Gasteiger partial charge in [0.05, 0.1) is 16.9 Å². The molecular weight excluding hydrogens is 783 g/mol. The number of allylic oxidation sites excluding steroid dienone is 2. The number of nitrogens with zero attached hydrogens (tertiary/aromatic N) is 3. The molecule has 0 aliphatic heterocycles. The number of pyridine rings is 1. The maximum absolute atomic E-state index is 7.23. The predicted octanol–water partition coefficient (Wildman–Crippen LogP) is 11.7. The minimum absolute atomic E-state index is 0. The van der Waals surface area contributed by atoms with Crippen LogP contribution >= 0.6 is 11.3 Å². The van der Waals surface area contributed by atoms with Crippen LogP contribution in [0, 0.1) is 18.3 Å². The molecule has 0 saturated carbocycles. The first-order valence-corrected chi connectivity index (χ1v) is 16.3. The molecule has 3 aromatic heterocycles. The molecule has 0 bridgehead atoms. The summed E-state index contributed by atoms with van der Waals surface area (Å²) in [5.41, 5.74) is 11.0. The second-order valence-electron chi connectivity index (χ2n) is 11.1. The van der Waals surface area contributed by atoms with Gasteiger partial charge in [-0.1, -0.05) is 107 Å². The molecule has 8 rings (SSSR count). The van der Waals surface area contributed by atoms with Gasteiger partial charge in [-0.3, -0.25) is 16.3 Å². The largest absolute Gasteiger partial charge is 0.333 e. The quantitative estimate of drug-likeness (QED) is 0.162. The minimum atomic E-state index is -2.09. The third-order valence-corrected chi connectivity index (χ3v) is 9.05. The molecule has 0 N–H and O–H groups in total. The van der Waals surface area contributed by atoms with Crippen LogP contribution in [0.2, 0.25) is 0 Å². The standard InChI is InChI=1S/C31H23N2S.C12H10N.Ir/c1-3-21(2)24-15-18-30-26(19-24)27(20-34-30)31-32-28-11-7-8-12-29(28)33(31)25-16-13-23(14-17-25)22-9-5-4-6-10-22;1-10-7-8-12(13-9-10)11-5-3-2-4-6-11;/h3-19H,1-2H3;2-5,7-9H,1H3;/q2*-1;/b21-3-;;/i;1D3;. The molecule has 0 unspecified atom stereocenters. The average molecular weight is 819 g/mol. The number of aryl methyl sites for hydroxylation is 1. The van der Waals surface area contributed by atoms with E-state index < -0.39 is 6.85 Å². The number of aromatic nitrogens is 3. The van der Waals surface area contributed by atoms with Gasteiger partial charge in [-0.15, -0.1) is 41.3 Å². The van der Waals surface area contributed by atoms with Crippen molar-refractivity contribution >= 4 is 38.0 Å². The molecule has 48 heavy (non-hydrogen) atoms. The number of thiophene rings is 1. The van der Waals surface area contributed by atoms with Crippen LogP contribution in [0.1, 0.15) is 29.1 Å². The fourth-order valence-corrected chi connectivity index (χ4v) is 6.37. The fraction of sp³-hybridized carbons (Fsp3) is 0.0698. The molecule has 5 aromatic carbocycles. The molecule has 0 amide bonds. The zero-order valence-corrected chi connectivity index (χ0v) is 29.7. The van der Waals surface area contributed by atoms with E-state index in [1.54, 1.807) is 29.5 Å². The van der Waals surface area contributed by atoms with E-state index in [-0.39, 0.29) is 25.7 Å². The molecule has 237 valence electrons. The number of fused-ring (bicyclic) bond motifs is 2. The van der Waals surface area contributed by atoms with Crippen LogP contribution < -0.4 is 0 Å². The Morgan fingerprint density at radius 2 is 1.60 bits per heavy atom. The summed E-state index contributed by atoms with van der Waals surface area (Å²) < 4.78 is 25.2. The first kappa shape index (κ1) is 29.2. The summed E-state index contributed by atoms with van der Waals surface area (Å²) in [7, 11) is 0. The van der Waals surface area contributed by atoms with Crippen molar-refractivity contribution in [1.82, 2.24) is 14.5 Å². The number of para-hydroxylation sites is 2. The van der Waals surface area contributed by atoms with Crippen LogP contribution in [0.25, 0.3) is 66.2 Å². The Hall–Kier alpha value is -4.93. The van der Waals surface area contributed by atoms with E-state index in [4.69, 9.17) is 9.10 Å². The zero-order valence-electron chi connectivity index (χ0n) is 29.4. The van der Waals surface area contributed by atoms with Crippen molar-refractivity contribution in [3.05, 3.63) is 168 Å². The first-order valence-electron chi connectivity index (χ1n) is 16.9. The van der Waals surface area contributed by atoms with Gasteiger partial charge >= 0.3 is 0 Å². The third-order valence-electron chi connectivity index (χ3n) is 8.17. The molecular formula is C43H33IrN3S-2. The zero-order chi connectivity index (χ0) is 34.7. The van der Waals surface area contributed by atoms with Gasteiger partial charge in [-0.25, -0.2) is 0 Å². The Bertz CT molecular complexity index is 2410. The van der Waals surface area contributed by atoms with Gasteiger partial charge in [-0.05, 0) is 78.5 Å². The van der Waals surface area contributed by atoms with Crippen LogP contribution in [-0.4, -0.2) is 14.5 Å².